The highest BCUT2D eigenvalue weighted by atomic mass is 16.5. The molecule has 0 unspecified atom stereocenters. The average Bonchev–Trinajstić information content (AvgIpc) is 2.79. The first-order chi connectivity index (χ1) is 14.8. The number of para-hydroxylation sites is 2. The van der Waals surface area contributed by atoms with Gasteiger partial charge in [0.2, 0.25) is 0 Å². The van der Waals surface area contributed by atoms with Crippen LogP contribution in [0.4, 0.5) is 0 Å². The Hall–Kier alpha value is -3.86. The largest absolute Gasteiger partial charge is 0.488 e. The van der Waals surface area contributed by atoms with Crippen molar-refractivity contribution in [2.24, 2.45) is 5.10 Å². The number of nitrogens with one attached hydrogen (secondary N) is 1. The van der Waals surface area contributed by atoms with E-state index in [1.54, 1.807) is 12.3 Å². The van der Waals surface area contributed by atoms with E-state index < -0.39 is 0 Å². The van der Waals surface area contributed by atoms with E-state index >= 15 is 0 Å². The van der Waals surface area contributed by atoms with E-state index in [2.05, 4.69) is 17.1 Å². The summed E-state index contributed by atoms with van der Waals surface area (Å²) < 4.78 is 11.5. The lowest BCUT2D eigenvalue weighted by molar-refractivity contribution is -0.123. The predicted molar refractivity (Wildman–Crippen MR) is 119 cm³/mol. The Bertz CT molecular complexity index is 1000. The van der Waals surface area contributed by atoms with Gasteiger partial charge in [0.05, 0.1) is 6.21 Å². The van der Waals surface area contributed by atoms with Gasteiger partial charge in [-0.25, -0.2) is 5.43 Å². The Kier molecular flexibility index (Phi) is 7.80. The van der Waals surface area contributed by atoms with Gasteiger partial charge in [-0.3, -0.25) is 4.79 Å². The SMILES string of the molecule is C=CCc1ccccc1OCC(=O)NN=Cc1ccccc1OCc1ccccc1. The lowest BCUT2D eigenvalue weighted by Crippen LogP contribution is -2.24. The van der Waals surface area contributed by atoms with Gasteiger partial charge in [-0.1, -0.05) is 66.7 Å². The summed E-state index contributed by atoms with van der Waals surface area (Å²) in [6.45, 7) is 4.06. The molecular formula is C25H24N2O3. The van der Waals surface area contributed by atoms with Crippen molar-refractivity contribution >= 4 is 12.1 Å². The summed E-state index contributed by atoms with van der Waals surface area (Å²) in [5, 5.41) is 4.03. The molecule has 0 aromatic heterocycles. The zero-order valence-electron chi connectivity index (χ0n) is 16.7. The van der Waals surface area contributed by atoms with E-state index in [-0.39, 0.29) is 12.5 Å². The third-order valence-corrected chi connectivity index (χ3v) is 4.24. The molecule has 1 N–H and O–H groups in total. The van der Waals surface area contributed by atoms with Crippen molar-refractivity contribution in [3.63, 3.8) is 0 Å². The van der Waals surface area contributed by atoms with Crippen molar-refractivity contribution in [1.29, 1.82) is 0 Å². The zero-order valence-corrected chi connectivity index (χ0v) is 16.7. The second-order valence-corrected chi connectivity index (χ2v) is 6.49. The van der Waals surface area contributed by atoms with Crippen molar-refractivity contribution < 1.29 is 14.3 Å². The van der Waals surface area contributed by atoms with E-state index in [9.17, 15) is 4.79 Å². The van der Waals surface area contributed by atoms with Gasteiger partial charge >= 0.3 is 0 Å². The molecule has 30 heavy (non-hydrogen) atoms. The van der Waals surface area contributed by atoms with Crippen LogP contribution >= 0.6 is 0 Å². The second-order valence-electron chi connectivity index (χ2n) is 6.49. The molecule has 0 saturated heterocycles. The number of carbonyl (C=O) groups is 1. The highest BCUT2D eigenvalue weighted by Gasteiger charge is 2.06. The molecular weight excluding hydrogens is 376 g/mol. The van der Waals surface area contributed by atoms with Crippen molar-refractivity contribution in [1.82, 2.24) is 5.43 Å². The lowest BCUT2D eigenvalue weighted by Gasteiger charge is -2.10. The molecule has 0 aliphatic rings. The van der Waals surface area contributed by atoms with Crippen LogP contribution in [0, 0.1) is 0 Å². The number of rotatable bonds is 10. The Morgan fingerprint density at radius 2 is 1.60 bits per heavy atom. The Morgan fingerprint density at radius 3 is 2.40 bits per heavy atom. The average molecular weight is 400 g/mol. The number of nitrogens with zero attached hydrogens (tertiary/aromatic N) is 1. The summed E-state index contributed by atoms with van der Waals surface area (Å²) in [4.78, 5) is 12.1. The van der Waals surface area contributed by atoms with Crippen LogP contribution in [-0.4, -0.2) is 18.7 Å². The van der Waals surface area contributed by atoms with Crippen LogP contribution < -0.4 is 14.9 Å². The summed E-state index contributed by atoms with van der Waals surface area (Å²) in [5.74, 6) is 1.01. The van der Waals surface area contributed by atoms with Crippen molar-refractivity contribution in [2.45, 2.75) is 13.0 Å². The van der Waals surface area contributed by atoms with Crippen molar-refractivity contribution in [3.8, 4) is 11.5 Å². The number of carbonyl (C=O) groups excluding carboxylic acids is 1. The maximum Gasteiger partial charge on any atom is 0.277 e. The van der Waals surface area contributed by atoms with Crippen LogP contribution in [0.3, 0.4) is 0 Å². The molecule has 1 amide bonds. The highest BCUT2D eigenvalue weighted by molar-refractivity contribution is 5.85. The molecule has 0 spiro atoms. The third-order valence-electron chi connectivity index (χ3n) is 4.24. The van der Waals surface area contributed by atoms with Gasteiger partial charge in [0.25, 0.3) is 5.91 Å². The molecule has 0 aliphatic heterocycles. The third kappa shape index (κ3) is 6.34. The van der Waals surface area contributed by atoms with Gasteiger partial charge in [-0.05, 0) is 35.7 Å². The first-order valence-electron chi connectivity index (χ1n) is 9.65. The fraction of sp³-hybridized carbons (Fsp3) is 0.120. The molecule has 5 nitrogen and oxygen atoms in total. The van der Waals surface area contributed by atoms with E-state index in [1.165, 1.54) is 0 Å². The van der Waals surface area contributed by atoms with Gasteiger partial charge in [0.1, 0.15) is 18.1 Å². The normalized spacial score (nSPS) is 10.5. The van der Waals surface area contributed by atoms with Gasteiger partial charge in [-0.15, -0.1) is 6.58 Å². The topological polar surface area (TPSA) is 59.9 Å². The highest BCUT2D eigenvalue weighted by Crippen LogP contribution is 2.19. The van der Waals surface area contributed by atoms with Crippen LogP contribution in [0.25, 0.3) is 0 Å². The first-order valence-corrected chi connectivity index (χ1v) is 9.65. The molecule has 0 bridgehead atoms. The van der Waals surface area contributed by atoms with Crippen LogP contribution in [0.1, 0.15) is 16.7 Å². The maximum atomic E-state index is 12.1. The van der Waals surface area contributed by atoms with Gasteiger partial charge < -0.3 is 9.47 Å². The van der Waals surface area contributed by atoms with E-state index in [0.717, 1.165) is 16.7 Å². The monoisotopic (exact) mass is 400 g/mol. The molecule has 3 aromatic carbocycles. The number of allylic oxidation sites excluding steroid dienone is 1. The van der Waals surface area contributed by atoms with Crippen molar-refractivity contribution in [2.75, 3.05) is 6.61 Å². The van der Waals surface area contributed by atoms with Gasteiger partial charge in [0, 0.05) is 5.56 Å². The van der Waals surface area contributed by atoms with Crippen LogP contribution in [0.15, 0.2) is 96.6 Å². The number of amides is 1. The lowest BCUT2D eigenvalue weighted by atomic mass is 10.1. The molecule has 152 valence electrons. The quantitative estimate of drug-likeness (QED) is 0.309. The molecule has 5 heteroatoms. The van der Waals surface area contributed by atoms with Gasteiger partial charge in [0.15, 0.2) is 6.61 Å². The predicted octanol–water partition coefficient (Wildman–Crippen LogP) is 4.52. The summed E-state index contributed by atoms with van der Waals surface area (Å²) >= 11 is 0. The molecule has 0 atom stereocenters. The summed E-state index contributed by atoms with van der Waals surface area (Å²) in [5.41, 5.74) is 5.31. The summed E-state index contributed by atoms with van der Waals surface area (Å²) in [6.07, 6.45) is 4.03. The minimum Gasteiger partial charge on any atom is -0.488 e. The van der Waals surface area contributed by atoms with E-state index in [1.807, 2.05) is 78.9 Å². The molecule has 3 rings (SSSR count). The van der Waals surface area contributed by atoms with Gasteiger partial charge in [-0.2, -0.15) is 5.10 Å². The number of hydrazone groups is 1. The summed E-state index contributed by atoms with van der Waals surface area (Å²) in [7, 11) is 0. The fourth-order valence-electron chi connectivity index (χ4n) is 2.77. The number of ether oxygens (including phenoxy) is 2. The fourth-order valence-corrected chi connectivity index (χ4v) is 2.77. The summed E-state index contributed by atoms with van der Waals surface area (Å²) in [6, 6.07) is 25.0. The molecule has 0 fully saturated rings. The number of benzene rings is 3. The zero-order chi connectivity index (χ0) is 21.0. The minimum absolute atomic E-state index is 0.127. The van der Waals surface area contributed by atoms with E-state index in [0.29, 0.717) is 24.5 Å². The molecule has 0 saturated carbocycles. The van der Waals surface area contributed by atoms with E-state index in [4.69, 9.17) is 9.47 Å². The molecule has 0 radical (unpaired) electrons. The molecule has 3 aromatic rings. The molecule has 0 heterocycles. The van der Waals surface area contributed by atoms with Crippen molar-refractivity contribution in [3.05, 3.63) is 108 Å². The maximum absolute atomic E-state index is 12.1. The Labute approximate surface area is 176 Å². The standard InChI is InChI=1S/C25H24N2O3/c1-2-10-21-13-6-8-15-23(21)30-19-25(28)27-26-17-22-14-7-9-16-24(22)29-18-20-11-4-3-5-12-20/h2-9,11-17H,1,10,18-19H2,(H,27,28). The van der Waals surface area contributed by atoms with Crippen LogP contribution in [-0.2, 0) is 17.8 Å². The minimum atomic E-state index is -0.345. The Morgan fingerprint density at radius 1 is 0.900 bits per heavy atom. The molecule has 0 aliphatic carbocycles. The van der Waals surface area contributed by atoms with Crippen LogP contribution in [0.2, 0.25) is 0 Å². The number of hydrogen-bond donors (Lipinski definition) is 1. The second kappa shape index (κ2) is 11.2. The smallest absolute Gasteiger partial charge is 0.277 e. The Balaban J connectivity index is 1.52. The first kappa shape index (κ1) is 20.9. The van der Waals surface area contributed by atoms with Crippen LogP contribution in [0.5, 0.6) is 11.5 Å². The number of hydrogen-bond acceptors (Lipinski definition) is 4.